The molecule has 0 spiro atoms. The molecule has 3 saturated heterocycles. The van der Waals surface area contributed by atoms with Crippen LogP contribution in [0.1, 0.15) is 38.0 Å². The maximum atomic E-state index is 13.4. The van der Waals surface area contributed by atoms with Crippen molar-refractivity contribution in [3.05, 3.63) is 71.3 Å². The zero-order chi connectivity index (χ0) is 48.9. The van der Waals surface area contributed by atoms with Crippen LogP contribution in [-0.2, 0) is 37.9 Å². The summed E-state index contributed by atoms with van der Waals surface area (Å²) < 4.78 is 47.8. The summed E-state index contributed by atoms with van der Waals surface area (Å²) in [6.07, 6.45) is -17.2. The number of anilines is 3. The number of esters is 3. The lowest BCUT2D eigenvalue weighted by Crippen LogP contribution is -2.70. The first-order valence-electron chi connectivity index (χ1n) is 21.1. The number of likely N-dealkylation sites (N-methyl/N-ethyl adjacent to an activating group) is 3. The Hall–Kier alpha value is -5.61. The second-order valence-electron chi connectivity index (χ2n) is 16.2. The lowest BCUT2D eigenvalue weighted by Gasteiger charge is -2.50. The molecule has 6 rings (SSSR count). The van der Waals surface area contributed by atoms with Crippen LogP contribution in [0, 0.1) is 0 Å². The van der Waals surface area contributed by atoms with Gasteiger partial charge in [-0.1, -0.05) is 0 Å². The molecule has 3 aromatic carbocycles. The van der Waals surface area contributed by atoms with E-state index in [1.165, 1.54) is 68.7 Å². The molecule has 0 bridgehead atoms. The van der Waals surface area contributed by atoms with Gasteiger partial charge in [0.05, 0.1) is 24.2 Å². The number of aliphatic hydroxyl groups is 4. The molecule has 67 heavy (non-hydrogen) atoms. The number of hydrogen-bond donors (Lipinski definition) is 13. The maximum absolute atomic E-state index is 13.4. The van der Waals surface area contributed by atoms with Gasteiger partial charge in [0.1, 0.15) is 109 Å². The van der Waals surface area contributed by atoms with Crippen LogP contribution in [0.2, 0.25) is 0 Å². The Balaban J connectivity index is 1.27. The molecule has 3 aliphatic heterocycles. The predicted molar refractivity (Wildman–Crippen MR) is 232 cm³/mol. The van der Waals surface area contributed by atoms with Crippen molar-refractivity contribution in [3.63, 3.8) is 0 Å². The molecule has 368 valence electrons. The van der Waals surface area contributed by atoms with Gasteiger partial charge in [0.2, 0.25) is 0 Å². The van der Waals surface area contributed by atoms with Crippen LogP contribution >= 0.6 is 0 Å². The van der Waals surface area contributed by atoms with Crippen molar-refractivity contribution in [2.24, 2.45) is 0 Å². The molecule has 6 unspecified atom stereocenters. The predicted octanol–water partition coefficient (Wildman–Crippen LogP) is -2.36. The Morgan fingerprint density at radius 3 is 1.27 bits per heavy atom. The summed E-state index contributed by atoms with van der Waals surface area (Å²) in [7, 11) is 4.46. The highest BCUT2D eigenvalue weighted by Gasteiger charge is 2.54. The minimum absolute atomic E-state index is 0.131. The number of nitrogen functional groups attached to an aromatic ring is 3. The molecule has 0 saturated carbocycles. The average molecular weight is 947 g/mol. The molecule has 3 aromatic rings. The molecule has 3 aliphatic rings. The molecule has 24 heteroatoms. The number of rotatable bonds is 16. The molecular formula is C43H58N6O18. The van der Waals surface area contributed by atoms with Crippen molar-refractivity contribution in [3.8, 4) is 17.2 Å². The average Bonchev–Trinajstić information content (AvgIpc) is 3.29. The first-order valence-corrected chi connectivity index (χ1v) is 21.1. The minimum Gasteiger partial charge on any atom is -0.507 e. The van der Waals surface area contributed by atoms with E-state index in [2.05, 4.69) is 16.0 Å². The van der Waals surface area contributed by atoms with Crippen LogP contribution in [0.3, 0.4) is 0 Å². The van der Waals surface area contributed by atoms with Gasteiger partial charge in [-0.3, -0.25) is 0 Å². The molecular weight excluding hydrogens is 888 g/mol. The highest BCUT2D eigenvalue weighted by atomic mass is 16.7. The third kappa shape index (κ3) is 11.4. The van der Waals surface area contributed by atoms with Crippen LogP contribution in [0.25, 0.3) is 0 Å². The molecule has 15 atom stereocenters. The number of carbonyl (C=O) groups is 3. The summed E-state index contributed by atoms with van der Waals surface area (Å²) in [6.45, 7) is -0.217. The van der Waals surface area contributed by atoms with Crippen LogP contribution in [0.4, 0.5) is 17.1 Å². The van der Waals surface area contributed by atoms with Gasteiger partial charge in [-0.25, -0.2) is 14.4 Å². The van der Waals surface area contributed by atoms with Crippen LogP contribution in [0.5, 0.6) is 17.2 Å². The van der Waals surface area contributed by atoms with Crippen molar-refractivity contribution in [1.82, 2.24) is 16.0 Å². The van der Waals surface area contributed by atoms with Gasteiger partial charge in [0.25, 0.3) is 0 Å². The highest BCUT2D eigenvalue weighted by Crippen LogP contribution is 2.34. The van der Waals surface area contributed by atoms with E-state index >= 15 is 0 Å². The number of aliphatic hydroxyl groups excluding tert-OH is 4. The van der Waals surface area contributed by atoms with E-state index in [0.717, 1.165) is 0 Å². The van der Waals surface area contributed by atoms with Crippen LogP contribution < -0.4 is 33.2 Å². The van der Waals surface area contributed by atoms with Gasteiger partial charge in [-0.15, -0.1) is 0 Å². The van der Waals surface area contributed by atoms with Gasteiger partial charge < -0.3 is 107 Å². The number of carbonyl (C=O) groups excluding carboxylic acids is 3. The van der Waals surface area contributed by atoms with E-state index in [0.29, 0.717) is 0 Å². The van der Waals surface area contributed by atoms with E-state index in [1.54, 1.807) is 14.0 Å². The first kappa shape index (κ1) is 50.8. The SMILES string of the molecule is CNC1[C@H](O[C@H]2C(COC(=O)c3cc(N)ccc3O)O[C@@H](O[C@H]3C(COC(=O)c4cc(N)ccc4O)O[C@@H](C)C(NC)[C@@H]3O)C(NC)[C@@H]2O)OC(COC(=O)c2cc(N)ccc2O)[C@@H](O)[C@H]1O. The Morgan fingerprint density at radius 2 is 0.866 bits per heavy atom. The normalized spacial score (nSPS) is 32.0. The zero-order valence-corrected chi connectivity index (χ0v) is 36.8. The second-order valence-corrected chi connectivity index (χ2v) is 16.2. The van der Waals surface area contributed by atoms with Gasteiger partial charge in [-0.2, -0.15) is 0 Å². The highest BCUT2D eigenvalue weighted by molar-refractivity contribution is 5.94. The smallest absolute Gasteiger partial charge is 0.342 e. The summed E-state index contributed by atoms with van der Waals surface area (Å²) >= 11 is 0. The standard InChI is InChI=1S/C43H58N6O18/c1-17-30(47-2)35(55)37(28(63-17)15-61-40(58)22-12-19(45)6-9-25(22)51)66-43-32(49-4)36(56)38(29(65-43)16-62-41(59)23-13-20(46)7-10-26(23)52)67-42-31(48-3)34(54)33(53)27(64-42)14-60-39(57)21-11-18(44)5-8-24(21)50/h5-13,17,27-38,42-43,47-56H,14-16,44-46H2,1-4H3/t17-,27?,28?,29?,30?,31?,32?,33+,34-,35-,36-,37-,38-,42-,43-/m0/s1. The Morgan fingerprint density at radius 1 is 0.522 bits per heavy atom. The Bertz CT molecular complexity index is 2210. The molecule has 3 heterocycles. The summed E-state index contributed by atoms with van der Waals surface area (Å²) in [4.78, 5) is 39.4. The Labute approximate surface area is 383 Å². The lowest BCUT2D eigenvalue weighted by molar-refractivity contribution is -0.346. The fourth-order valence-electron chi connectivity index (χ4n) is 8.15. The van der Waals surface area contributed by atoms with Crippen LogP contribution in [0.15, 0.2) is 54.6 Å². The second kappa shape index (κ2) is 22.0. The third-order valence-electron chi connectivity index (χ3n) is 11.8. The quantitative estimate of drug-likeness (QED) is 0.0309. The Kier molecular flexibility index (Phi) is 16.7. The van der Waals surface area contributed by atoms with Gasteiger partial charge in [0, 0.05) is 17.1 Å². The van der Waals surface area contributed by atoms with E-state index in [9.17, 15) is 50.1 Å². The first-order chi connectivity index (χ1) is 31.9. The maximum Gasteiger partial charge on any atom is 0.342 e. The van der Waals surface area contributed by atoms with Crippen molar-refractivity contribution in [2.45, 2.75) is 98.7 Å². The number of aromatic hydroxyl groups is 3. The molecule has 0 aromatic heterocycles. The minimum atomic E-state index is -1.68. The topological polar surface area (TPSA) is 381 Å². The summed E-state index contributed by atoms with van der Waals surface area (Å²) in [5, 5.41) is 85.8. The van der Waals surface area contributed by atoms with Crippen molar-refractivity contribution in [1.29, 1.82) is 0 Å². The molecule has 3 fully saturated rings. The lowest BCUT2D eigenvalue weighted by atomic mass is 9.92. The number of phenolic OH excluding ortho intramolecular Hbond substituents is 3. The van der Waals surface area contributed by atoms with Gasteiger partial charge in [0.15, 0.2) is 12.6 Å². The number of hydrogen-bond acceptors (Lipinski definition) is 24. The number of ether oxygens (including phenoxy) is 8. The van der Waals surface area contributed by atoms with E-state index in [-0.39, 0.29) is 33.8 Å². The molecule has 0 radical (unpaired) electrons. The molecule has 24 nitrogen and oxygen atoms in total. The molecule has 0 aliphatic carbocycles. The third-order valence-corrected chi connectivity index (χ3v) is 11.8. The van der Waals surface area contributed by atoms with Crippen molar-refractivity contribution in [2.75, 3.05) is 58.2 Å². The fourth-order valence-corrected chi connectivity index (χ4v) is 8.15. The monoisotopic (exact) mass is 946 g/mol. The van der Waals surface area contributed by atoms with Crippen LogP contribution in [-0.4, -0.2) is 186 Å². The number of nitrogens with two attached hydrogens (primary N) is 3. The largest absolute Gasteiger partial charge is 0.507 e. The fraction of sp³-hybridized carbons (Fsp3) is 0.512. The zero-order valence-electron chi connectivity index (χ0n) is 36.8. The summed E-state index contributed by atoms with van der Waals surface area (Å²) in [5.74, 6) is -4.32. The molecule has 0 amide bonds. The van der Waals surface area contributed by atoms with Gasteiger partial charge >= 0.3 is 17.9 Å². The summed E-state index contributed by atoms with van der Waals surface area (Å²) in [6, 6.07) is 8.10. The summed E-state index contributed by atoms with van der Waals surface area (Å²) in [5.41, 5.74) is 17.1. The number of phenols is 3. The van der Waals surface area contributed by atoms with Crippen molar-refractivity contribution >= 4 is 35.0 Å². The van der Waals surface area contributed by atoms with E-state index in [4.69, 9.17) is 55.1 Å². The number of nitrogens with one attached hydrogen (secondary N) is 3. The van der Waals surface area contributed by atoms with E-state index in [1.807, 2.05) is 0 Å². The van der Waals surface area contributed by atoms with E-state index < -0.39 is 147 Å². The molecule has 16 N–H and O–H groups in total. The van der Waals surface area contributed by atoms with Gasteiger partial charge in [-0.05, 0) is 82.7 Å². The van der Waals surface area contributed by atoms with Crippen molar-refractivity contribution < 1.29 is 88.0 Å². The number of benzene rings is 3.